The third-order valence-corrected chi connectivity index (χ3v) is 2.88. The Kier molecular flexibility index (Phi) is 6.17. The lowest BCUT2D eigenvalue weighted by atomic mass is 9.97. The molecule has 0 radical (unpaired) electrons. The monoisotopic (exact) mass is 219 g/mol. The second-order valence-electron chi connectivity index (χ2n) is 4.89. The zero-order valence-electron chi connectivity index (χ0n) is 10.9. The van der Waals surface area contributed by atoms with Gasteiger partial charge in [0.15, 0.2) is 0 Å². The lowest BCUT2D eigenvalue weighted by molar-refractivity contribution is 0.441. The number of hydrogen-bond donors (Lipinski definition) is 1. The van der Waals surface area contributed by atoms with E-state index in [2.05, 4.69) is 56.4 Å². The molecule has 0 bridgehead atoms. The van der Waals surface area contributed by atoms with Gasteiger partial charge in [-0.1, -0.05) is 51.1 Å². The van der Waals surface area contributed by atoms with E-state index < -0.39 is 0 Å². The van der Waals surface area contributed by atoms with Gasteiger partial charge in [0.25, 0.3) is 0 Å². The van der Waals surface area contributed by atoms with Crippen molar-refractivity contribution >= 4 is 0 Å². The lowest BCUT2D eigenvalue weighted by Crippen LogP contribution is -2.22. The van der Waals surface area contributed by atoms with Crippen LogP contribution in [0.25, 0.3) is 0 Å². The molecule has 1 N–H and O–H groups in total. The van der Waals surface area contributed by atoms with Crippen molar-refractivity contribution in [3.8, 4) is 0 Å². The quantitative estimate of drug-likeness (QED) is 0.726. The molecule has 90 valence electrons. The van der Waals surface area contributed by atoms with Gasteiger partial charge < -0.3 is 5.32 Å². The topological polar surface area (TPSA) is 12.0 Å². The average Bonchev–Trinajstić information content (AvgIpc) is 2.30. The van der Waals surface area contributed by atoms with Crippen molar-refractivity contribution in [3.05, 3.63) is 35.9 Å². The third-order valence-electron chi connectivity index (χ3n) is 2.88. The predicted molar refractivity (Wildman–Crippen MR) is 71.5 cm³/mol. The molecule has 1 aromatic carbocycles. The summed E-state index contributed by atoms with van der Waals surface area (Å²) < 4.78 is 0. The maximum atomic E-state index is 3.64. The smallest absolute Gasteiger partial charge is 0.0320 e. The maximum Gasteiger partial charge on any atom is 0.0320 e. The Morgan fingerprint density at radius 3 is 2.31 bits per heavy atom. The van der Waals surface area contributed by atoms with Gasteiger partial charge in [0.1, 0.15) is 0 Å². The number of nitrogens with one attached hydrogen (secondary N) is 1. The molecule has 16 heavy (non-hydrogen) atoms. The molecule has 1 aromatic rings. The first-order chi connectivity index (χ1) is 7.74. The second-order valence-corrected chi connectivity index (χ2v) is 4.89. The Bertz CT molecular complexity index is 266. The van der Waals surface area contributed by atoms with Crippen LogP contribution in [0, 0.1) is 5.92 Å². The van der Waals surface area contributed by atoms with Crippen LogP contribution in [-0.2, 0) is 0 Å². The molecule has 0 aliphatic carbocycles. The van der Waals surface area contributed by atoms with E-state index in [1.165, 1.54) is 24.8 Å². The van der Waals surface area contributed by atoms with Crippen LogP contribution >= 0.6 is 0 Å². The van der Waals surface area contributed by atoms with Crippen molar-refractivity contribution in [1.29, 1.82) is 0 Å². The van der Waals surface area contributed by atoms with E-state index >= 15 is 0 Å². The molecule has 0 aromatic heterocycles. The van der Waals surface area contributed by atoms with Gasteiger partial charge in [-0.3, -0.25) is 0 Å². The molecule has 1 rings (SSSR count). The summed E-state index contributed by atoms with van der Waals surface area (Å²) in [6.07, 6.45) is 3.73. The van der Waals surface area contributed by atoms with Gasteiger partial charge in [0.05, 0.1) is 0 Å². The van der Waals surface area contributed by atoms with Crippen LogP contribution in [0.5, 0.6) is 0 Å². The molecule has 0 spiro atoms. The normalized spacial score (nSPS) is 13.0. The highest BCUT2D eigenvalue weighted by atomic mass is 14.9. The molecule has 1 unspecified atom stereocenters. The molecular weight excluding hydrogens is 194 g/mol. The summed E-state index contributed by atoms with van der Waals surface area (Å²) >= 11 is 0. The fraction of sp³-hybridized carbons (Fsp3) is 0.600. The van der Waals surface area contributed by atoms with E-state index in [1.54, 1.807) is 0 Å². The first-order valence-corrected chi connectivity index (χ1v) is 6.52. The molecule has 1 heteroatoms. The van der Waals surface area contributed by atoms with E-state index in [-0.39, 0.29) is 0 Å². The van der Waals surface area contributed by atoms with Gasteiger partial charge in [-0.2, -0.15) is 0 Å². The molecule has 1 atom stereocenters. The molecular formula is C15H25N. The van der Waals surface area contributed by atoms with Crippen LogP contribution in [0.3, 0.4) is 0 Å². The van der Waals surface area contributed by atoms with Gasteiger partial charge in [-0.05, 0) is 37.3 Å². The van der Waals surface area contributed by atoms with Gasteiger partial charge in [-0.25, -0.2) is 0 Å². The standard InChI is InChI=1S/C15H25N/c1-4-12-16-15(11-10-13(2)3)14-8-6-5-7-9-14/h5-9,13,15-16H,4,10-12H2,1-3H3. The molecule has 0 fully saturated rings. The highest BCUT2D eigenvalue weighted by Gasteiger charge is 2.10. The maximum absolute atomic E-state index is 3.64. The summed E-state index contributed by atoms with van der Waals surface area (Å²) in [4.78, 5) is 0. The van der Waals surface area contributed by atoms with Crippen LogP contribution in [-0.4, -0.2) is 6.54 Å². The molecule has 0 saturated heterocycles. The van der Waals surface area contributed by atoms with Crippen LogP contribution in [0.4, 0.5) is 0 Å². The highest BCUT2D eigenvalue weighted by molar-refractivity contribution is 5.18. The predicted octanol–water partition coefficient (Wildman–Crippen LogP) is 4.16. The number of hydrogen-bond acceptors (Lipinski definition) is 1. The summed E-state index contributed by atoms with van der Waals surface area (Å²) in [5.74, 6) is 0.787. The largest absolute Gasteiger partial charge is 0.310 e. The molecule has 0 amide bonds. The minimum atomic E-state index is 0.531. The molecule has 0 aliphatic heterocycles. The Labute approximate surface area is 100 Å². The Morgan fingerprint density at radius 1 is 1.06 bits per heavy atom. The van der Waals surface area contributed by atoms with E-state index in [0.29, 0.717) is 6.04 Å². The van der Waals surface area contributed by atoms with Crippen LogP contribution < -0.4 is 5.32 Å². The second kappa shape index (κ2) is 7.45. The summed E-state index contributed by atoms with van der Waals surface area (Å²) in [7, 11) is 0. The third kappa shape index (κ3) is 4.80. The summed E-state index contributed by atoms with van der Waals surface area (Å²) in [6.45, 7) is 7.92. The van der Waals surface area contributed by atoms with Crippen molar-refractivity contribution in [2.24, 2.45) is 5.92 Å². The van der Waals surface area contributed by atoms with Crippen LogP contribution in [0.15, 0.2) is 30.3 Å². The highest BCUT2D eigenvalue weighted by Crippen LogP contribution is 2.20. The van der Waals surface area contributed by atoms with Crippen LogP contribution in [0.1, 0.15) is 51.6 Å². The van der Waals surface area contributed by atoms with Crippen molar-refractivity contribution in [2.75, 3.05) is 6.54 Å². The zero-order valence-corrected chi connectivity index (χ0v) is 10.9. The van der Waals surface area contributed by atoms with Crippen LogP contribution in [0.2, 0.25) is 0 Å². The van der Waals surface area contributed by atoms with E-state index in [4.69, 9.17) is 0 Å². The zero-order chi connectivity index (χ0) is 11.8. The Balaban J connectivity index is 2.56. The SMILES string of the molecule is CCCNC(CCC(C)C)c1ccccc1. The van der Waals surface area contributed by atoms with Gasteiger partial charge in [-0.15, -0.1) is 0 Å². The number of benzene rings is 1. The van der Waals surface area contributed by atoms with Gasteiger partial charge in [0, 0.05) is 6.04 Å². The summed E-state index contributed by atoms with van der Waals surface area (Å²) in [5, 5.41) is 3.64. The minimum Gasteiger partial charge on any atom is -0.310 e. The lowest BCUT2D eigenvalue weighted by Gasteiger charge is -2.20. The van der Waals surface area contributed by atoms with Crippen molar-refractivity contribution in [2.45, 2.75) is 46.1 Å². The van der Waals surface area contributed by atoms with Crippen molar-refractivity contribution in [3.63, 3.8) is 0 Å². The minimum absolute atomic E-state index is 0.531. The van der Waals surface area contributed by atoms with Gasteiger partial charge in [0.2, 0.25) is 0 Å². The van der Waals surface area contributed by atoms with E-state index in [9.17, 15) is 0 Å². The molecule has 0 saturated carbocycles. The Hall–Kier alpha value is -0.820. The summed E-state index contributed by atoms with van der Waals surface area (Å²) in [5.41, 5.74) is 1.43. The van der Waals surface area contributed by atoms with E-state index in [0.717, 1.165) is 12.5 Å². The number of rotatable bonds is 7. The summed E-state index contributed by atoms with van der Waals surface area (Å²) in [6, 6.07) is 11.3. The first kappa shape index (κ1) is 13.2. The fourth-order valence-electron chi connectivity index (χ4n) is 1.89. The first-order valence-electron chi connectivity index (χ1n) is 6.52. The van der Waals surface area contributed by atoms with Gasteiger partial charge >= 0.3 is 0 Å². The fourth-order valence-corrected chi connectivity index (χ4v) is 1.89. The Morgan fingerprint density at radius 2 is 1.75 bits per heavy atom. The van der Waals surface area contributed by atoms with Crippen molar-refractivity contribution < 1.29 is 0 Å². The molecule has 1 nitrogen and oxygen atoms in total. The molecule has 0 heterocycles. The molecule has 0 aliphatic rings. The average molecular weight is 219 g/mol. The van der Waals surface area contributed by atoms with Crippen molar-refractivity contribution in [1.82, 2.24) is 5.32 Å². The van der Waals surface area contributed by atoms with E-state index in [1.807, 2.05) is 0 Å².